The summed E-state index contributed by atoms with van der Waals surface area (Å²) in [6.07, 6.45) is 0.845. The van der Waals surface area contributed by atoms with Gasteiger partial charge < -0.3 is 5.73 Å². The number of nitrogens with two attached hydrogens (primary N) is 1. The fourth-order valence-electron chi connectivity index (χ4n) is 2.02. The molecule has 2 rings (SSSR count). The van der Waals surface area contributed by atoms with Crippen LogP contribution in [0.5, 0.6) is 0 Å². The fraction of sp³-hybridized carbons (Fsp3) is 0.417. The zero-order valence-electron chi connectivity index (χ0n) is 10.5. The maximum atomic E-state index is 12.5. The standard InChI is InChI=1S/C12H15N3O2S2/c1-15(11-4-5-18-8-11)19(16,17)12-3-2-10(14)6-9(12)7-13/h2-3,6,11H,4-5,8,14H2,1H3. The van der Waals surface area contributed by atoms with Crippen molar-refractivity contribution in [3.05, 3.63) is 23.8 Å². The van der Waals surface area contributed by atoms with E-state index < -0.39 is 10.0 Å². The van der Waals surface area contributed by atoms with Crippen LogP contribution in [0.15, 0.2) is 23.1 Å². The average molecular weight is 297 g/mol. The van der Waals surface area contributed by atoms with E-state index in [4.69, 9.17) is 11.0 Å². The van der Waals surface area contributed by atoms with Gasteiger partial charge in [-0.2, -0.15) is 21.3 Å². The van der Waals surface area contributed by atoms with Crippen LogP contribution >= 0.6 is 11.8 Å². The number of rotatable bonds is 3. The highest BCUT2D eigenvalue weighted by molar-refractivity contribution is 7.99. The Morgan fingerprint density at radius 1 is 1.53 bits per heavy atom. The Labute approximate surface area is 117 Å². The van der Waals surface area contributed by atoms with Crippen LogP contribution in [0, 0.1) is 11.3 Å². The molecule has 7 heteroatoms. The molecule has 0 aromatic heterocycles. The van der Waals surface area contributed by atoms with Crippen molar-refractivity contribution in [3.63, 3.8) is 0 Å². The minimum atomic E-state index is -3.64. The van der Waals surface area contributed by atoms with Crippen LogP contribution in [-0.4, -0.2) is 37.3 Å². The molecular formula is C12H15N3O2S2. The second-order valence-corrected chi connectivity index (χ2v) is 7.52. The van der Waals surface area contributed by atoms with Crippen molar-refractivity contribution in [1.29, 1.82) is 5.26 Å². The van der Waals surface area contributed by atoms with Crippen molar-refractivity contribution in [2.24, 2.45) is 0 Å². The van der Waals surface area contributed by atoms with Crippen molar-refractivity contribution < 1.29 is 8.42 Å². The number of benzene rings is 1. The molecule has 1 aromatic carbocycles. The van der Waals surface area contributed by atoms with Crippen LogP contribution in [0.4, 0.5) is 5.69 Å². The van der Waals surface area contributed by atoms with Gasteiger partial charge in [-0.3, -0.25) is 0 Å². The molecule has 0 amide bonds. The monoisotopic (exact) mass is 297 g/mol. The molecule has 1 heterocycles. The van der Waals surface area contributed by atoms with Crippen LogP contribution in [0.2, 0.25) is 0 Å². The number of sulfonamides is 1. The van der Waals surface area contributed by atoms with E-state index >= 15 is 0 Å². The highest BCUT2D eigenvalue weighted by Gasteiger charge is 2.31. The summed E-state index contributed by atoms with van der Waals surface area (Å²) in [5.74, 6) is 1.77. The summed E-state index contributed by atoms with van der Waals surface area (Å²) < 4.78 is 26.4. The highest BCUT2D eigenvalue weighted by Crippen LogP contribution is 2.28. The first-order valence-electron chi connectivity index (χ1n) is 5.82. The first-order chi connectivity index (χ1) is 8.96. The van der Waals surface area contributed by atoms with Crippen molar-refractivity contribution >= 4 is 27.5 Å². The molecule has 1 unspecified atom stereocenters. The van der Waals surface area contributed by atoms with E-state index in [-0.39, 0.29) is 16.5 Å². The zero-order valence-corrected chi connectivity index (χ0v) is 12.2. The first-order valence-corrected chi connectivity index (χ1v) is 8.41. The van der Waals surface area contributed by atoms with E-state index in [0.29, 0.717) is 5.69 Å². The maximum Gasteiger partial charge on any atom is 0.244 e. The Hall–Kier alpha value is -1.23. The van der Waals surface area contributed by atoms with E-state index in [1.165, 1.54) is 22.5 Å². The van der Waals surface area contributed by atoms with Gasteiger partial charge in [-0.05, 0) is 30.4 Å². The summed E-state index contributed by atoms with van der Waals surface area (Å²) in [6.45, 7) is 0. The molecule has 0 aliphatic carbocycles. The Kier molecular flexibility index (Phi) is 4.04. The molecule has 1 aromatic rings. The van der Waals surface area contributed by atoms with E-state index in [0.717, 1.165) is 17.9 Å². The normalized spacial score (nSPS) is 19.5. The Bertz CT molecular complexity index is 616. The van der Waals surface area contributed by atoms with Gasteiger partial charge in [-0.15, -0.1) is 0 Å². The van der Waals surface area contributed by atoms with Crippen LogP contribution in [0.3, 0.4) is 0 Å². The van der Waals surface area contributed by atoms with Crippen LogP contribution in [0.1, 0.15) is 12.0 Å². The fourth-order valence-corrected chi connectivity index (χ4v) is 4.89. The average Bonchev–Trinajstić information content (AvgIpc) is 2.91. The molecule has 2 N–H and O–H groups in total. The van der Waals surface area contributed by atoms with Crippen molar-refractivity contribution in [2.45, 2.75) is 17.4 Å². The van der Waals surface area contributed by atoms with Crippen LogP contribution in [0.25, 0.3) is 0 Å². The molecule has 1 aliphatic heterocycles. The van der Waals surface area contributed by atoms with Gasteiger partial charge in [-0.1, -0.05) is 0 Å². The smallest absolute Gasteiger partial charge is 0.244 e. The SMILES string of the molecule is CN(C1CCSC1)S(=O)(=O)c1ccc(N)cc1C#N. The number of hydrogen-bond acceptors (Lipinski definition) is 5. The molecule has 5 nitrogen and oxygen atoms in total. The van der Waals surface area contributed by atoms with Crippen LogP contribution in [-0.2, 0) is 10.0 Å². The lowest BCUT2D eigenvalue weighted by Gasteiger charge is -2.23. The quantitative estimate of drug-likeness (QED) is 0.849. The molecule has 102 valence electrons. The molecule has 0 spiro atoms. The Morgan fingerprint density at radius 2 is 2.26 bits per heavy atom. The van der Waals surface area contributed by atoms with E-state index in [2.05, 4.69) is 0 Å². The summed E-state index contributed by atoms with van der Waals surface area (Å²) in [4.78, 5) is 0.0311. The third kappa shape index (κ3) is 2.71. The molecule has 0 radical (unpaired) electrons. The second kappa shape index (κ2) is 5.41. The van der Waals surface area contributed by atoms with Gasteiger partial charge in [-0.25, -0.2) is 8.42 Å². The predicted octanol–water partition coefficient (Wildman–Crippen LogP) is 1.27. The van der Waals surface area contributed by atoms with Crippen molar-refractivity contribution in [1.82, 2.24) is 4.31 Å². The Balaban J connectivity index is 2.42. The van der Waals surface area contributed by atoms with Gasteiger partial charge in [0, 0.05) is 24.5 Å². The molecule has 1 atom stereocenters. The summed E-state index contributed by atoms with van der Waals surface area (Å²) >= 11 is 1.74. The number of nitrogens with zero attached hydrogens (tertiary/aromatic N) is 2. The molecule has 1 fully saturated rings. The van der Waals surface area contributed by atoms with Gasteiger partial charge in [0.2, 0.25) is 10.0 Å². The molecule has 19 heavy (non-hydrogen) atoms. The molecular weight excluding hydrogens is 282 g/mol. The molecule has 1 aliphatic rings. The van der Waals surface area contributed by atoms with Gasteiger partial charge in [0.05, 0.1) is 5.56 Å². The lowest BCUT2D eigenvalue weighted by Crippen LogP contribution is -2.37. The second-order valence-electron chi connectivity index (χ2n) is 4.41. The van der Waals surface area contributed by atoms with Crippen LogP contribution < -0.4 is 5.73 Å². The Morgan fingerprint density at radius 3 is 2.84 bits per heavy atom. The molecule has 0 bridgehead atoms. The van der Waals surface area contributed by atoms with Crippen molar-refractivity contribution in [2.75, 3.05) is 24.3 Å². The minimum absolute atomic E-state index is 0.000837. The van der Waals surface area contributed by atoms with Gasteiger partial charge >= 0.3 is 0 Å². The van der Waals surface area contributed by atoms with Gasteiger partial charge in [0.25, 0.3) is 0 Å². The van der Waals surface area contributed by atoms with E-state index in [9.17, 15) is 8.42 Å². The first kappa shape index (κ1) is 14.2. The predicted molar refractivity (Wildman–Crippen MR) is 76.2 cm³/mol. The largest absolute Gasteiger partial charge is 0.399 e. The zero-order chi connectivity index (χ0) is 14.0. The summed E-state index contributed by atoms with van der Waals surface area (Å²) in [5, 5.41) is 9.06. The van der Waals surface area contributed by atoms with E-state index in [1.807, 2.05) is 6.07 Å². The lowest BCUT2D eigenvalue weighted by molar-refractivity contribution is 0.394. The molecule has 1 saturated heterocycles. The number of nitrogen functional groups attached to an aromatic ring is 1. The molecule has 0 saturated carbocycles. The van der Waals surface area contributed by atoms with E-state index in [1.54, 1.807) is 18.8 Å². The number of nitriles is 1. The summed E-state index contributed by atoms with van der Waals surface area (Å²) in [6, 6.07) is 6.20. The third-order valence-corrected chi connectivity index (χ3v) is 6.31. The van der Waals surface area contributed by atoms with Gasteiger partial charge in [0.15, 0.2) is 0 Å². The lowest BCUT2D eigenvalue weighted by atomic mass is 10.2. The summed E-state index contributed by atoms with van der Waals surface area (Å²) in [5.41, 5.74) is 6.06. The summed E-state index contributed by atoms with van der Waals surface area (Å²) in [7, 11) is -2.07. The third-order valence-electron chi connectivity index (χ3n) is 3.20. The number of thioether (sulfide) groups is 1. The topological polar surface area (TPSA) is 87.2 Å². The highest BCUT2D eigenvalue weighted by atomic mass is 32.2. The number of anilines is 1. The maximum absolute atomic E-state index is 12.5. The minimum Gasteiger partial charge on any atom is -0.399 e. The number of hydrogen-bond donors (Lipinski definition) is 1. The van der Waals surface area contributed by atoms with Gasteiger partial charge in [0.1, 0.15) is 11.0 Å². The van der Waals surface area contributed by atoms with Crippen molar-refractivity contribution in [3.8, 4) is 6.07 Å².